The lowest BCUT2D eigenvalue weighted by atomic mass is 10.5. The Bertz CT molecular complexity index is 226. The van der Waals surface area contributed by atoms with Gasteiger partial charge >= 0.3 is 0 Å². The van der Waals surface area contributed by atoms with Crippen LogP contribution in [0.1, 0.15) is 6.92 Å². The summed E-state index contributed by atoms with van der Waals surface area (Å²) < 4.78 is 18.0. The van der Waals surface area contributed by atoms with Crippen molar-refractivity contribution in [1.29, 1.82) is 0 Å². The Hall–Kier alpha value is -0.150. The van der Waals surface area contributed by atoms with Gasteiger partial charge in [0.15, 0.2) is 0 Å². The average Bonchev–Trinajstić information content (AvgIpc) is 2.11. The molecule has 0 radical (unpaired) electrons. The first-order chi connectivity index (χ1) is 6.37. The first-order valence-electron chi connectivity index (χ1n) is 4.65. The topological polar surface area (TPSA) is 26.8 Å². The minimum atomic E-state index is -2.54. The zero-order valence-corrected chi connectivity index (χ0v) is 11.0. The molecular formula is C9H22N3OP. The molecule has 0 aliphatic heterocycles. The maximum absolute atomic E-state index is 12.6. The van der Waals surface area contributed by atoms with Gasteiger partial charge in [-0.3, -0.25) is 4.57 Å². The third-order valence-corrected chi connectivity index (χ3v) is 5.23. The monoisotopic (exact) mass is 219 g/mol. The lowest BCUT2D eigenvalue weighted by Crippen LogP contribution is -2.32. The smallest absolute Gasteiger partial charge is 0.270 e. The summed E-state index contributed by atoms with van der Waals surface area (Å²) in [5, 5.41) is 0. The highest BCUT2D eigenvalue weighted by Gasteiger charge is 2.32. The summed E-state index contributed by atoms with van der Waals surface area (Å²) in [5.41, 5.74) is 0. The minimum absolute atomic E-state index is 0.699. The number of likely N-dealkylation sites (N-methyl/N-ethyl adjacent to an activating group) is 1. The van der Waals surface area contributed by atoms with E-state index in [2.05, 4.69) is 0 Å². The summed E-state index contributed by atoms with van der Waals surface area (Å²) in [6, 6.07) is 0. The van der Waals surface area contributed by atoms with Crippen molar-refractivity contribution < 1.29 is 4.57 Å². The number of hydrogen-bond donors (Lipinski definition) is 0. The van der Waals surface area contributed by atoms with Crippen LogP contribution < -0.4 is 0 Å². The van der Waals surface area contributed by atoms with Crippen molar-refractivity contribution in [3.8, 4) is 0 Å². The fourth-order valence-electron chi connectivity index (χ4n) is 1.33. The first kappa shape index (κ1) is 13.8. The standard InChI is InChI=1S/C9H22N3OP/c1-7-8-9-12(6)14(13,10(2)3)11(4)5/h7-8H,9H2,1-6H3/b8-7+. The second-order valence-corrected chi connectivity index (χ2v) is 6.93. The van der Waals surface area contributed by atoms with Gasteiger partial charge in [0.2, 0.25) is 0 Å². The summed E-state index contributed by atoms with van der Waals surface area (Å²) in [6.45, 7) is 2.66. The van der Waals surface area contributed by atoms with Crippen molar-refractivity contribution >= 4 is 7.59 Å². The van der Waals surface area contributed by atoms with Crippen molar-refractivity contribution in [3.63, 3.8) is 0 Å². The minimum Gasteiger partial charge on any atom is -0.270 e. The molecule has 0 aliphatic carbocycles. The van der Waals surface area contributed by atoms with Gasteiger partial charge in [0.1, 0.15) is 0 Å². The molecule has 0 fully saturated rings. The predicted octanol–water partition coefficient (Wildman–Crippen LogP) is 1.73. The highest BCUT2D eigenvalue weighted by Crippen LogP contribution is 2.51. The molecule has 5 heteroatoms. The molecule has 0 amide bonds. The van der Waals surface area contributed by atoms with Gasteiger partial charge in [0, 0.05) is 6.54 Å². The Morgan fingerprint density at radius 1 is 1.07 bits per heavy atom. The Labute approximate surface area is 87.7 Å². The van der Waals surface area contributed by atoms with Crippen LogP contribution in [-0.2, 0) is 4.57 Å². The molecule has 0 aliphatic rings. The van der Waals surface area contributed by atoms with Crippen LogP contribution in [0, 0.1) is 0 Å². The van der Waals surface area contributed by atoms with Crippen LogP contribution >= 0.6 is 7.59 Å². The molecule has 0 atom stereocenters. The number of rotatable bonds is 5. The summed E-state index contributed by atoms with van der Waals surface area (Å²) in [5.74, 6) is 0. The largest absolute Gasteiger partial charge is 0.285 e. The molecule has 0 unspecified atom stereocenters. The van der Waals surface area contributed by atoms with Crippen LogP contribution in [0.2, 0.25) is 0 Å². The third kappa shape index (κ3) is 2.92. The van der Waals surface area contributed by atoms with Gasteiger partial charge in [-0.2, -0.15) is 0 Å². The van der Waals surface area contributed by atoms with Crippen LogP contribution in [0.25, 0.3) is 0 Å². The zero-order valence-electron chi connectivity index (χ0n) is 10.1. The lowest BCUT2D eigenvalue weighted by Gasteiger charge is -2.36. The maximum Gasteiger partial charge on any atom is 0.285 e. The van der Waals surface area contributed by atoms with E-state index >= 15 is 0 Å². The Morgan fingerprint density at radius 2 is 1.50 bits per heavy atom. The summed E-state index contributed by atoms with van der Waals surface area (Å²) in [6.07, 6.45) is 3.96. The fraction of sp³-hybridized carbons (Fsp3) is 0.778. The maximum atomic E-state index is 12.6. The van der Waals surface area contributed by atoms with Gasteiger partial charge in [-0.15, -0.1) is 0 Å². The van der Waals surface area contributed by atoms with Crippen LogP contribution in [-0.4, -0.2) is 55.8 Å². The second-order valence-electron chi connectivity index (χ2n) is 3.62. The van der Waals surface area contributed by atoms with Crippen LogP contribution in [0.15, 0.2) is 12.2 Å². The quantitative estimate of drug-likeness (QED) is 0.519. The molecule has 84 valence electrons. The van der Waals surface area contributed by atoms with E-state index in [1.54, 1.807) is 9.34 Å². The van der Waals surface area contributed by atoms with Crippen molar-refractivity contribution in [1.82, 2.24) is 14.0 Å². The van der Waals surface area contributed by atoms with E-state index in [9.17, 15) is 4.57 Å². The third-order valence-electron chi connectivity index (χ3n) is 2.09. The lowest BCUT2D eigenvalue weighted by molar-refractivity contribution is 0.371. The molecule has 0 aromatic rings. The van der Waals surface area contributed by atoms with E-state index < -0.39 is 7.59 Å². The SMILES string of the molecule is C/C=C/CN(C)P(=O)(N(C)C)N(C)C. The van der Waals surface area contributed by atoms with Gasteiger partial charge in [-0.05, 0) is 42.2 Å². The predicted molar refractivity (Wildman–Crippen MR) is 62.4 cm³/mol. The van der Waals surface area contributed by atoms with E-state index in [1.807, 2.05) is 59.0 Å². The molecule has 14 heavy (non-hydrogen) atoms. The summed E-state index contributed by atoms with van der Waals surface area (Å²) >= 11 is 0. The van der Waals surface area contributed by atoms with Crippen LogP contribution in [0.4, 0.5) is 0 Å². The Morgan fingerprint density at radius 3 is 1.79 bits per heavy atom. The molecule has 0 saturated heterocycles. The molecule has 0 N–H and O–H groups in total. The number of hydrogen-bond acceptors (Lipinski definition) is 1. The first-order valence-corrected chi connectivity index (χ1v) is 6.22. The van der Waals surface area contributed by atoms with Crippen molar-refractivity contribution in [2.24, 2.45) is 0 Å². The molecule has 0 rings (SSSR count). The second kappa shape index (κ2) is 5.66. The summed E-state index contributed by atoms with van der Waals surface area (Å²) in [4.78, 5) is 0. The highest BCUT2D eigenvalue weighted by atomic mass is 31.2. The number of nitrogens with zero attached hydrogens (tertiary/aromatic N) is 3. The van der Waals surface area contributed by atoms with Gasteiger partial charge in [0.05, 0.1) is 0 Å². The van der Waals surface area contributed by atoms with Gasteiger partial charge in [-0.1, -0.05) is 12.2 Å². The van der Waals surface area contributed by atoms with Crippen molar-refractivity contribution in [3.05, 3.63) is 12.2 Å². The van der Waals surface area contributed by atoms with Crippen molar-refractivity contribution in [2.45, 2.75) is 6.92 Å². The van der Waals surface area contributed by atoms with Gasteiger partial charge in [-0.25, -0.2) is 14.0 Å². The molecule has 0 heterocycles. The Kier molecular flexibility index (Phi) is 5.60. The van der Waals surface area contributed by atoms with E-state index in [-0.39, 0.29) is 0 Å². The van der Waals surface area contributed by atoms with E-state index in [4.69, 9.17) is 0 Å². The normalized spacial score (nSPS) is 13.8. The molecule has 0 bridgehead atoms. The van der Waals surface area contributed by atoms with E-state index in [0.717, 1.165) is 0 Å². The highest BCUT2D eigenvalue weighted by molar-refractivity contribution is 7.56. The van der Waals surface area contributed by atoms with E-state index in [0.29, 0.717) is 6.54 Å². The molecule has 0 saturated carbocycles. The zero-order chi connectivity index (χ0) is 11.4. The van der Waals surface area contributed by atoms with Crippen LogP contribution in [0.5, 0.6) is 0 Å². The fourth-order valence-corrected chi connectivity index (χ4v) is 3.58. The molecule has 0 aromatic heterocycles. The van der Waals surface area contributed by atoms with Crippen molar-refractivity contribution in [2.75, 3.05) is 41.8 Å². The molecule has 4 nitrogen and oxygen atoms in total. The molecular weight excluding hydrogens is 197 g/mol. The van der Waals surface area contributed by atoms with Crippen LogP contribution in [0.3, 0.4) is 0 Å². The number of allylic oxidation sites excluding steroid dienone is 1. The average molecular weight is 219 g/mol. The Balaban J connectivity index is 4.74. The summed E-state index contributed by atoms with van der Waals surface area (Å²) in [7, 11) is 6.70. The van der Waals surface area contributed by atoms with Gasteiger partial charge < -0.3 is 0 Å². The molecule has 0 spiro atoms. The van der Waals surface area contributed by atoms with E-state index in [1.165, 1.54) is 0 Å². The molecule has 0 aromatic carbocycles. The van der Waals surface area contributed by atoms with Gasteiger partial charge in [0.25, 0.3) is 7.59 Å².